The van der Waals surface area contributed by atoms with Crippen molar-refractivity contribution in [3.63, 3.8) is 0 Å². The predicted molar refractivity (Wildman–Crippen MR) is 442 cm³/mol. The molecule has 2 fully saturated rings. The molecule has 0 radical (unpaired) electrons. The van der Waals surface area contributed by atoms with Crippen molar-refractivity contribution in [3.8, 4) is 17.2 Å². The van der Waals surface area contributed by atoms with E-state index < -0.39 is 166 Å². The Bertz CT molecular complexity index is 5280. The maximum Gasteiger partial charge on any atom is 0.328 e. The summed E-state index contributed by atoms with van der Waals surface area (Å²) >= 11 is 0. The number of benzene rings is 7. The van der Waals surface area contributed by atoms with Gasteiger partial charge in [0.15, 0.2) is 17.4 Å². The molecule has 8 heterocycles. The first-order chi connectivity index (χ1) is 57.7. The number of hydrogen-bond donors (Lipinski definition) is 10. The Kier molecular flexibility index (Phi) is 27.6. The Hall–Kier alpha value is -12.8. The lowest BCUT2D eigenvalue weighted by molar-refractivity contribution is -0.146. The molecule has 33 heteroatoms. The summed E-state index contributed by atoms with van der Waals surface area (Å²) in [6.07, 6.45) is 2.75. The Balaban J connectivity index is 0.920. The molecule has 6 aliphatic rings. The monoisotopic (exact) mass is 1660 g/mol. The number of ether oxygens (including phenoxy) is 3. The van der Waals surface area contributed by atoms with E-state index in [-0.39, 0.29) is 81.8 Å². The van der Waals surface area contributed by atoms with Gasteiger partial charge in [-0.2, -0.15) is 0 Å². The molecule has 12 unspecified atom stereocenters. The topological polar surface area (TPSA) is 395 Å². The molecular weight excluding hydrogens is 1560 g/mol. The molecule has 0 saturated carbocycles. The molecule has 6 aliphatic heterocycles. The van der Waals surface area contributed by atoms with E-state index in [1.807, 2.05) is 78.9 Å². The van der Waals surface area contributed by atoms with Gasteiger partial charge in [0.1, 0.15) is 84.4 Å². The zero-order chi connectivity index (χ0) is 86.7. The van der Waals surface area contributed by atoms with Crippen molar-refractivity contribution >= 4 is 80.7 Å². The smallest absolute Gasteiger partial charge is 0.328 e. The van der Waals surface area contributed by atoms with Gasteiger partial charge < -0.3 is 77.0 Å². The Morgan fingerprint density at radius 2 is 0.942 bits per heavy atom. The van der Waals surface area contributed by atoms with Crippen LogP contribution < -0.4 is 57.3 Å². The summed E-state index contributed by atoms with van der Waals surface area (Å²) in [5.41, 5.74) is 0.866. The molecule has 2 aromatic heterocycles. The van der Waals surface area contributed by atoms with E-state index in [0.717, 1.165) is 33.7 Å². The number of aromatic nitrogens is 6. The maximum atomic E-state index is 15.9. The molecule has 10 N–H and O–H groups in total. The van der Waals surface area contributed by atoms with Crippen molar-refractivity contribution in [2.75, 3.05) is 34.3 Å². The first-order valence-corrected chi connectivity index (χ1v) is 40.2. The summed E-state index contributed by atoms with van der Waals surface area (Å²) in [6, 6.07) is 26.7. The number of hydrogen-bond acceptors (Lipinski definition) is 20. The zero-order valence-electron chi connectivity index (χ0n) is 69.3. The van der Waals surface area contributed by atoms with Crippen molar-refractivity contribution in [1.82, 2.24) is 87.6 Å². The minimum atomic E-state index is -1.51. The minimum absolute atomic E-state index is 0.0172. The van der Waals surface area contributed by atoms with E-state index in [4.69, 9.17) is 14.2 Å². The van der Waals surface area contributed by atoms with Crippen LogP contribution in [0.1, 0.15) is 120 Å². The Morgan fingerprint density at radius 1 is 0.537 bits per heavy atom. The molecule has 7 aromatic carbocycles. The van der Waals surface area contributed by atoms with Crippen LogP contribution >= 0.6 is 0 Å². The number of likely N-dealkylation sites (N-methyl/N-ethyl adjacent to an activating group) is 2. The lowest BCUT2D eigenvalue weighted by Gasteiger charge is -2.37. The number of carbonyl (C=O) groups is 10. The van der Waals surface area contributed by atoms with E-state index in [1.54, 1.807) is 136 Å². The van der Waals surface area contributed by atoms with Crippen LogP contribution in [0.25, 0.3) is 21.5 Å². The van der Waals surface area contributed by atoms with Crippen molar-refractivity contribution < 1.29 is 76.0 Å². The molecule has 121 heavy (non-hydrogen) atoms. The predicted octanol–water partition coefficient (Wildman–Crippen LogP) is 5.59. The van der Waals surface area contributed by atoms with Gasteiger partial charge in [-0.3, -0.25) is 43.2 Å². The molecule has 638 valence electrons. The number of aromatic hydroxyl groups is 1. The quantitative estimate of drug-likeness (QED) is 0.0527. The summed E-state index contributed by atoms with van der Waals surface area (Å²) in [5.74, 6) is -10.2. The van der Waals surface area contributed by atoms with Gasteiger partial charge in [0.05, 0.1) is 43.7 Å². The number of methoxy groups -OCH3 is 1. The summed E-state index contributed by atoms with van der Waals surface area (Å²) in [6.45, 7) is 13.0. The van der Waals surface area contributed by atoms with Crippen LogP contribution in [-0.2, 0) is 98.1 Å². The third kappa shape index (κ3) is 21.3. The highest BCUT2D eigenvalue weighted by Gasteiger charge is 2.51. The minimum Gasteiger partial charge on any atom is -0.503 e. The van der Waals surface area contributed by atoms with Gasteiger partial charge in [-0.25, -0.2) is 22.9 Å². The normalized spacial score (nSPS) is 20.7. The number of rotatable bonds is 16. The van der Waals surface area contributed by atoms with Crippen LogP contribution in [0.3, 0.4) is 0 Å². The molecule has 9 amide bonds. The van der Waals surface area contributed by atoms with Crippen LogP contribution in [0.2, 0.25) is 0 Å². The number of likely N-dealkylation sites (tertiary alicyclic amines) is 2. The highest BCUT2D eigenvalue weighted by molar-refractivity contribution is 5.99. The summed E-state index contributed by atoms with van der Waals surface area (Å²) in [5, 5.41) is 57.2. The highest BCUT2D eigenvalue weighted by atomic mass is 19.1. The standard InChI is InChI=1S/C88H103F2N17O14/c1-49(91-9)77(109)98-75(87(3,4)5)84(116)104-34-32-70-72(104)82(114)95-67(42-53-20-26-56-16-12-14-18-58(56)36-53)80(112)94-66(79(111)93-44-55-38-64(89)74(108)65(90)39-55)40-51-22-28-62(29-23-51)120-47-60-45-107(103-100-60)71-33-35-105(85(117)76(88(6,7)8)99-78(110)50(2)92-10)73(71)83(115)96-68(43-54-21-27-57-17-13-15-19-59(57)37-54)81(113)97-69(86(118)119-11)41-52-24-30-63(31-25-52)121-48-61-46-106(70)102-101-61/h12-31,36-39,45-46,49-50,66-73,75-76,91-92,108H,32-35,40-44,47-48H2,1-11H3,(H,93,111)(H,94,112)(H,95,114)(H,96,115)(H,97,113)(H,98,109)(H,99,110). The van der Waals surface area contributed by atoms with Crippen LogP contribution in [0, 0.1) is 22.5 Å². The van der Waals surface area contributed by atoms with E-state index in [0.29, 0.717) is 33.8 Å². The third-order valence-electron chi connectivity index (χ3n) is 22.3. The average molecular weight is 1660 g/mol. The van der Waals surface area contributed by atoms with Crippen LogP contribution in [-0.4, -0.2) is 199 Å². The summed E-state index contributed by atoms with van der Waals surface area (Å²) < 4.78 is 50.4. The molecule has 12 atom stereocenters. The lowest BCUT2D eigenvalue weighted by Crippen LogP contribution is -2.61. The van der Waals surface area contributed by atoms with Gasteiger partial charge in [-0.1, -0.05) is 161 Å². The van der Waals surface area contributed by atoms with E-state index in [9.17, 15) is 33.1 Å². The maximum absolute atomic E-state index is 15.9. The highest BCUT2D eigenvalue weighted by Crippen LogP contribution is 2.36. The summed E-state index contributed by atoms with van der Waals surface area (Å²) in [4.78, 5) is 152. The molecule has 0 spiro atoms. The number of halogens is 2. The van der Waals surface area contributed by atoms with Crippen LogP contribution in [0.5, 0.6) is 17.2 Å². The molecule has 2 saturated heterocycles. The zero-order valence-corrected chi connectivity index (χ0v) is 69.3. The molecule has 8 bridgehead atoms. The Morgan fingerprint density at radius 3 is 1.35 bits per heavy atom. The SMILES string of the molecule is CNC(C)C(=O)NC(C(=O)N1CCC2C1C(=O)NC(Cc1ccc3ccccc3c1)C(=O)NC(C(=O)NCc1cc(F)c(O)c(F)c1)Cc1ccc(cc1)OCc1cn(nn1)C1CCN(C(=O)C(NC(=O)C(C)NC)C(C)(C)C)C1C(=O)NC(Cc1ccc3ccccc3c1)C(=O)NC(C(=O)OC)Cc1ccc(cc1)OCc1cn2nn1)C(C)(C)C. The first kappa shape index (κ1) is 87.5. The number of carbonyl (C=O) groups excluding carboxylic acids is 10. The van der Waals surface area contributed by atoms with Gasteiger partial charge in [-0.15, -0.1) is 10.2 Å². The van der Waals surface area contributed by atoms with Crippen LogP contribution in [0.15, 0.2) is 158 Å². The lowest BCUT2D eigenvalue weighted by atomic mass is 9.85. The first-order valence-electron chi connectivity index (χ1n) is 40.2. The van der Waals surface area contributed by atoms with Crippen molar-refractivity contribution in [2.24, 2.45) is 10.8 Å². The molecule has 9 aromatic rings. The van der Waals surface area contributed by atoms with E-state index in [2.05, 4.69) is 68.5 Å². The molecule has 31 nitrogen and oxygen atoms in total. The van der Waals surface area contributed by atoms with Crippen molar-refractivity contribution in [1.29, 1.82) is 0 Å². The number of amides is 9. The fourth-order valence-corrected chi connectivity index (χ4v) is 15.2. The van der Waals surface area contributed by atoms with E-state index in [1.165, 1.54) is 26.3 Å². The molecular formula is C88H103F2N17O14. The number of nitrogens with zero attached hydrogens (tertiary/aromatic N) is 8. The fraction of sp³-hybridized carbons (Fsp3) is 0.409. The average Bonchev–Trinajstić information content (AvgIpc) is 1.62. The van der Waals surface area contributed by atoms with Crippen molar-refractivity contribution in [3.05, 3.63) is 209 Å². The van der Waals surface area contributed by atoms with Crippen molar-refractivity contribution in [2.45, 2.75) is 186 Å². The second-order valence-electron chi connectivity index (χ2n) is 33.1. The second kappa shape index (κ2) is 38.1. The number of esters is 1. The van der Waals surface area contributed by atoms with Gasteiger partial charge >= 0.3 is 5.97 Å². The van der Waals surface area contributed by atoms with Gasteiger partial charge in [0, 0.05) is 45.3 Å². The van der Waals surface area contributed by atoms with E-state index >= 15 is 28.8 Å². The van der Waals surface area contributed by atoms with Crippen LogP contribution in [0.4, 0.5) is 8.78 Å². The molecule has 15 rings (SSSR count). The third-order valence-corrected chi connectivity index (χ3v) is 22.3. The Labute approximate surface area is 698 Å². The van der Waals surface area contributed by atoms with Gasteiger partial charge in [0.25, 0.3) is 0 Å². The van der Waals surface area contributed by atoms with Gasteiger partial charge in [0.2, 0.25) is 53.2 Å². The second-order valence-corrected chi connectivity index (χ2v) is 33.1. The fourth-order valence-electron chi connectivity index (χ4n) is 15.2. The number of fused-ring (bicyclic) bond motifs is 2. The number of phenolic OH excluding ortho intramolecular Hbond substituents is 1. The number of nitrogens with one attached hydrogen (secondary N) is 9. The molecule has 0 aliphatic carbocycles. The summed E-state index contributed by atoms with van der Waals surface area (Å²) in [7, 11) is 4.39. The number of phenols is 1. The van der Waals surface area contributed by atoms with Gasteiger partial charge in [-0.05, 0) is 137 Å². The largest absolute Gasteiger partial charge is 0.503 e.